The first-order valence-corrected chi connectivity index (χ1v) is 11.4. The van der Waals surface area contributed by atoms with Gasteiger partial charge in [0.15, 0.2) is 0 Å². The van der Waals surface area contributed by atoms with Gasteiger partial charge in [0.1, 0.15) is 0 Å². The Hall–Kier alpha value is -3.68. The van der Waals surface area contributed by atoms with Crippen molar-refractivity contribution in [1.82, 2.24) is 24.8 Å². The number of likely N-dealkylation sites (tertiary alicyclic amines) is 1. The van der Waals surface area contributed by atoms with Crippen molar-refractivity contribution in [3.63, 3.8) is 0 Å². The molecule has 0 saturated carbocycles. The van der Waals surface area contributed by atoms with Crippen molar-refractivity contribution in [3.05, 3.63) is 65.0 Å². The highest BCUT2D eigenvalue weighted by Crippen LogP contribution is 2.35. The summed E-state index contributed by atoms with van der Waals surface area (Å²) in [5.41, 5.74) is 5.47. The van der Waals surface area contributed by atoms with E-state index < -0.39 is 0 Å². The van der Waals surface area contributed by atoms with E-state index in [1.165, 1.54) is 0 Å². The molecule has 1 fully saturated rings. The number of aryl methyl sites for hydroxylation is 2. The number of rotatable bonds is 4. The van der Waals surface area contributed by atoms with E-state index in [9.17, 15) is 9.59 Å². The minimum Gasteiger partial charge on any atom is -0.355 e. The number of fused-ring (bicyclic) bond motifs is 3. The first-order valence-electron chi connectivity index (χ1n) is 11.4. The molecule has 8 heteroatoms. The van der Waals surface area contributed by atoms with Crippen molar-refractivity contribution in [2.24, 2.45) is 7.05 Å². The van der Waals surface area contributed by atoms with Gasteiger partial charge in [-0.25, -0.2) is 9.97 Å². The van der Waals surface area contributed by atoms with Gasteiger partial charge in [0.05, 0.1) is 17.0 Å². The lowest BCUT2D eigenvalue weighted by Gasteiger charge is -2.32. The number of benzene rings is 1. The number of carbonyl (C=O) groups is 2. The van der Waals surface area contributed by atoms with E-state index in [4.69, 9.17) is 4.98 Å². The largest absolute Gasteiger partial charge is 0.355 e. The number of hydrogen-bond acceptors (Lipinski definition) is 5. The average Bonchev–Trinajstić information content (AvgIpc) is 3.21. The summed E-state index contributed by atoms with van der Waals surface area (Å²) in [5, 5.41) is 6.20. The maximum atomic E-state index is 12.7. The number of anilines is 1. The average molecular weight is 445 g/mol. The molecule has 1 aromatic carbocycles. The van der Waals surface area contributed by atoms with Crippen LogP contribution < -0.4 is 10.6 Å². The molecule has 170 valence electrons. The third kappa shape index (κ3) is 3.97. The second-order valence-electron chi connectivity index (χ2n) is 8.70. The standard InChI is InChI=1S/C25H28N6O2/c1-26-23(32)20-15-30(2)22-19(20)9-8-17-14-27-25(29-21(17)22)28-18-10-12-31(13-11-18)24(33)16-6-4-3-5-7-16/h3-7,14-15,18H,8-13H2,1-2H3,(H,26,32)(H,27,28,29). The van der Waals surface area contributed by atoms with Crippen LogP contribution in [0.3, 0.4) is 0 Å². The molecule has 2 aliphatic rings. The van der Waals surface area contributed by atoms with E-state index in [1.807, 2.05) is 59.2 Å². The number of nitrogens with one attached hydrogen (secondary N) is 2. The number of nitrogens with zero attached hydrogens (tertiary/aromatic N) is 4. The van der Waals surface area contributed by atoms with Crippen LogP contribution in [0.15, 0.2) is 42.7 Å². The second kappa shape index (κ2) is 8.69. The SMILES string of the molecule is CNC(=O)c1cn(C)c2c1CCc1cnc(NC3CCN(C(=O)c4ccccc4)CC3)nc1-2. The van der Waals surface area contributed by atoms with Crippen molar-refractivity contribution in [2.45, 2.75) is 31.7 Å². The van der Waals surface area contributed by atoms with Crippen LogP contribution in [-0.2, 0) is 19.9 Å². The van der Waals surface area contributed by atoms with Gasteiger partial charge in [0.2, 0.25) is 5.95 Å². The Morgan fingerprint density at radius 1 is 1.09 bits per heavy atom. The fourth-order valence-electron chi connectivity index (χ4n) is 4.87. The zero-order chi connectivity index (χ0) is 22.9. The van der Waals surface area contributed by atoms with Crippen LogP contribution in [0.4, 0.5) is 5.95 Å². The second-order valence-corrected chi connectivity index (χ2v) is 8.70. The first-order chi connectivity index (χ1) is 16.0. The maximum absolute atomic E-state index is 12.7. The molecule has 2 aromatic heterocycles. The fraction of sp³-hybridized carbons (Fsp3) is 0.360. The van der Waals surface area contributed by atoms with Gasteiger partial charge in [-0.2, -0.15) is 0 Å². The van der Waals surface area contributed by atoms with Gasteiger partial charge in [-0.3, -0.25) is 9.59 Å². The lowest BCUT2D eigenvalue weighted by atomic mass is 9.92. The quantitative estimate of drug-likeness (QED) is 0.646. The topological polar surface area (TPSA) is 92.2 Å². The van der Waals surface area contributed by atoms with Gasteiger partial charge in [0, 0.05) is 51.2 Å². The molecule has 2 N–H and O–H groups in total. The van der Waals surface area contributed by atoms with Gasteiger partial charge in [-0.05, 0) is 48.9 Å². The molecule has 1 saturated heterocycles. The molecule has 2 amide bonds. The van der Waals surface area contributed by atoms with Crippen LogP contribution in [0.5, 0.6) is 0 Å². The third-order valence-corrected chi connectivity index (χ3v) is 6.63. The molecular weight excluding hydrogens is 416 g/mol. The van der Waals surface area contributed by atoms with Crippen molar-refractivity contribution in [1.29, 1.82) is 0 Å². The molecule has 0 atom stereocenters. The highest BCUT2D eigenvalue weighted by Gasteiger charge is 2.28. The minimum absolute atomic E-state index is 0.0699. The maximum Gasteiger partial charge on any atom is 0.253 e. The Kier molecular flexibility index (Phi) is 5.58. The lowest BCUT2D eigenvalue weighted by molar-refractivity contribution is 0.0718. The first kappa shape index (κ1) is 21.2. The molecule has 0 radical (unpaired) electrons. The van der Waals surface area contributed by atoms with Crippen LogP contribution in [0.25, 0.3) is 11.4 Å². The van der Waals surface area contributed by atoms with Gasteiger partial charge < -0.3 is 20.1 Å². The molecular formula is C25H28N6O2. The molecule has 1 aliphatic heterocycles. The minimum atomic E-state index is -0.0699. The molecule has 3 aromatic rings. The molecule has 33 heavy (non-hydrogen) atoms. The lowest BCUT2D eigenvalue weighted by Crippen LogP contribution is -2.42. The van der Waals surface area contributed by atoms with Crippen LogP contribution in [0, 0.1) is 0 Å². The normalized spacial score (nSPS) is 15.5. The predicted molar refractivity (Wildman–Crippen MR) is 126 cm³/mol. The van der Waals surface area contributed by atoms with Crippen molar-refractivity contribution in [3.8, 4) is 11.4 Å². The van der Waals surface area contributed by atoms with Gasteiger partial charge in [-0.1, -0.05) is 18.2 Å². The molecule has 8 nitrogen and oxygen atoms in total. The summed E-state index contributed by atoms with van der Waals surface area (Å²) < 4.78 is 1.99. The van der Waals surface area contributed by atoms with Crippen LogP contribution in [0.1, 0.15) is 44.7 Å². The van der Waals surface area contributed by atoms with Crippen LogP contribution in [0.2, 0.25) is 0 Å². The van der Waals surface area contributed by atoms with E-state index >= 15 is 0 Å². The van der Waals surface area contributed by atoms with Gasteiger partial charge in [-0.15, -0.1) is 0 Å². The Bertz CT molecular complexity index is 1200. The molecule has 3 heterocycles. The molecule has 0 spiro atoms. The molecule has 0 unspecified atom stereocenters. The number of amides is 2. The highest BCUT2D eigenvalue weighted by molar-refractivity contribution is 5.98. The fourth-order valence-corrected chi connectivity index (χ4v) is 4.87. The summed E-state index contributed by atoms with van der Waals surface area (Å²) in [4.78, 5) is 36.3. The van der Waals surface area contributed by atoms with E-state index in [0.29, 0.717) is 24.6 Å². The van der Waals surface area contributed by atoms with Crippen LogP contribution >= 0.6 is 0 Å². The number of aromatic nitrogens is 3. The Balaban J connectivity index is 1.30. The zero-order valence-electron chi connectivity index (χ0n) is 19.0. The molecule has 1 aliphatic carbocycles. The summed E-state index contributed by atoms with van der Waals surface area (Å²) >= 11 is 0. The molecule has 0 bridgehead atoms. The van der Waals surface area contributed by atoms with Gasteiger partial charge >= 0.3 is 0 Å². The Labute approximate surface area is 193 Å². The third-order valence-electron chi connectivity index (χ3n) is 6.63. The number of carbonyl (C=O) groups excluding carboxylic acids is 2. The van der Waals surface area contributed by atoms with Crippen molar-refractivity contribution >= 4 is 17.8 Å². The Morgan fingerprint density at radius 2 is 1.85 bits per heavy atom. The monoisotopic (exact) mass is 444 g/mol. The number of hydrogen-bond donors (Lipinski definition) is 2. The van der Waals surface area contributed by atoms with Crippen molar-refractivity contribution < 1.29 is 9.59 Å². The van der Waals surface area contributed by atoms with E-state index in [2.05, 4.69) is 15.6 Å². The predicted octanol–water partition coefficient (Wildman–Crippen LogP) is 2.66. The van der Waals surface area contributed by atoms with Gasteiger partial charge in [0.25, 0.3) is 11.8 Å². The summed E-state index contributed by atoms with van der Waals surface area (Å²) in [5.74, 6) is 0.610. The Morgan fingerprint density at radius 3 is 2.58 bits per heavy atom. The van der Waals surface area contributed by atoms with E-state index in [1.54, 1.807) is 7.05 Å². The summed E-state index contributed by atoms with van der Waals surface area (Å²) in [7, 11) is 3.61. The van der Waals surface area contributed by atoms with E-state index in [-0.39, 0.29) is 17.9 Å². The summed E-state index contributed by atoms with van der Waals surface area (Å²) in [6, 6.07) is 9.64. The molecule has 5 rings (SSSR count). The zero-order valence-corrected chi connectivity index (χ0v) is 19.0. The highest BCUT2D eigenvalue weighted by atomic mass is 16.2. The van der Waals surface area contributed by atoms with E-state index in [0.717, 1.165) is 53.8 Å². The van der Waals surface area contributed by atoms with Crippen LogP contribution in [-0.4, -0.2) is 57.4 Å². The summed E-state index contributed by atoms with van der Waals surface area (Å²) in [6.45, 7) is 1.40. The summed E-state index contributed by atoms with van der Waals surface area (Å²) in [6.07, 6.45) is 7.08. The smallest absolute Gasteiger partial charge is 0.253 e. The number of piperidine rings is 1. The van der Waals surface area contributed by atoms with Crippen molar-refractivity contribution in [2.75, 3.05) is 25.5 Å².